The Morgan fingerprint density at radius 2 is 1.55 bits per heavy atom. The van der Waals surface area contributed by atoms with E-state index in [9.17, 15) is 18.0 Å². The Morgan fingerprint density at radius 3 is 2.18 bits per heavy atom. The van der Waals surface area contributed by atoms with Crippen molar-refractivity contribution < 1.29 is 22.7 Å². The van der Waals surface area contributed by atoms with E-state index in [4.69, 9.17) is 4.74 Å². The number of sulfonamides is 1. The Balaban J connectivity index is 2.11. The fourth-order valence-electron chi connectivity index (χ4n) is 4.23. The van der Waals surface area contributed by atoms with Crippen molar-refractivity contribution in [2.24, 2.45) is 0 Å². The van der Waals surface area contributed by atoms with Crippen LogP contribution in [0.1, 0.15) is 31.4 Å². The van der Waals surface area contributed by atoms with Gasteiger partial charge in [-0.05, 0) is 55.7 Å². The second-order valence-corrected chi connectivity index (χ2v) is 10.6. The zero-order valence-electron chi connectivity index (χ0n) is 22.3. The third-order valence-corrected chi connectivity index (χ3v) is 8.05. The minimum Gasteiger partial charge on any atom is -0.492 e. The number of rotatable bonds is 12. The first kappa shape index (κ1) is 28.7. The van der Waals surface area contributed by atoms with Crippen molar-refractivity contribution in [1.29, 1.82) is 0 Å². The average Bonchev–Trinajstić information content (AvgIpc) is 2.93. The number of para-hydroxylation sites is 2. The van der Waals surface area contributed by atoms with Crippen molar-refractivity contribution in [3.05, 3.63) is 90.0 Å². The highest BCUT2D eigenvalue weighted by Crippen LogP contribution is 2.33. The number of nitrogens with one attached hydrogen (secondary N) is 1. The van der Waals surface area contributed by atoms with Crippen LogP contribution in [0.4, 0.5) is 5.69 Å². The van der Waals surface area contributed by atoms with Crippen LogP contribution in [0.25, 0.3) is 0 Å². The molecule has 0 unspecified atom stereocenters. The van der Waals surface area contributed by atoms with E-state index >= 15 is 0 Å². The van der Waals surface area contributed by atoms with Crippen LogP contribution in [-0.4, -0.2) is 51.4 Å². The van der Waals surface area contributed by atoms with Crippen molar-refractivity contribution in [3.63, 3.8) is 0 Å². The van der Waals surface area contributed by atoms with Gasteiger partial charge in [-0.3, -0.25) is 13.9 Å². The molecule has 3 rings (SSSR count). The topological polar surface area (TPSA) is 96.0 Å². The molecule has 1 N–H and O–H groups in total. The van der Waals surface area contributed by atoms with Gasteiger partial charge in [0.05, 0.1) is 17.2 Å². The SMILES string of the molecule is CCOc1ccccc1N(CC(=O)N(Cc1ccccc1C)[C@H](CC)C(=O)NC)S(=O)(=O)c1ccccc1. The third-order valence-electron chi connectivity index (χ3n) is 6.28. The molecule has 2 amide bonds. The highest BCUT2D eigenvalue weighted by molar-refractivity contribution is 7.92. The van der Waals surface area contributed by atoms with Crippen LogP contribution in [0.15, 0.2) is 83.8 Å². The molecule has 0 spiro atoms. The maximum absolute atomic E-state index is 14.0. The Labute approximate surface area is 225 Å². The zero-order valence-corrected chi connectivity index (χ0v) is 23.1. The number of amides is 2. The lowest BCUT2D eigenvalue weighted by atomic mass is 10.1. The largest absolute Gasteiger partial charge is 0.492 e. The number of ether oxygens (including phenoxy) is 1. The third kappa shape index (κ3) is 6.52. The van der Waals surface area contributed by atoms with Gasteiger partial charge in [-0.15, -0.1) is 0 Å². The summed E-state index contributed by atoms with van der Waals surface area (Å²) in [6.45, 7) is 5.52. The number of benzene rings is 3. The minimum absolute atomic E-state index is 0.0444. The monoisotopic (exact) mass is 537 g/mol. The predicted molar refractivity (Wildman–Crippen MR) is 148 cm³/mol. The highest BCUT2D eigenvalue weighted by atomic mass is 32.2. The molecule has 0 aromatic heterocycles. The van der Waals surface area contributed by atoms with Crippen LogP contribution in [0.2, 0.25) is 0 Å². The van der Waals surface area contributed by atoms with Crippen LogP contribution in [-0.2, 0) is 26.2 Å². The van der Waals surface area contributed by atoms with Crippen LogP contribution >= 0.6 is 0 Å². The van der Waals surface area contributed by atoms with Gasteiger partial charge in [0.2, 0.25) is 11.8 Å². The van der Waals surface area contributed by atoms with Crippen LogP contribution in [0, 0.1) is 6.92 Å². The summed E-state index contributed by atoms with van der Waals surface area (Å²) in [6.07, 6.45) is 0.359. The Bertz CT molecular complexity index is 1350. The van der Waals surface area contributed by atoms with Crippen LogP contribution in [0.3, 0.4) is 0 Å². The number of nitrogens with zero attached hydrogens (tertiary/aromatic N) is 2. The summed E-state index contributed by atoms with van der Waals surface area (Å²) in [6, 6.07) is 21.5. The molecule has 0 aliphatic heterocycles. The Hall–Kier alpha value is -3.85. The summed E-state index contributed by atoms with van der Waals surface area (Å²) in [7, 11) is -2.64. The fraction of sp³-hybridized carbons (Fsp3) is 0.310. The molecule has 3 aromatic rings. The number of hydrogen-bond acceptors (Lipinski definition) is 5. The summed E-state index contributed by atoms with van der Waals surface area (Å²) in [5, 5.41) is 2.63. The lowest BCUT2D eigenvalue weighted by Gasteiger charge is -2.33. The lowest BCUT2D eigenvalue weighted by Crippen LogP contribution is -2.51. The van der Waals surface area contributed by atoms with Gasteiger partial charge < -0.3 is 15.0 Å². The van der Waals surface area contributed by atoms with Crippen molar-refractivity contribution in [1.82, 2.24) is 10.2 Å². The summed E-state index contributed by atoms with van der Waals surface area (Å²) in [4.78, 5) is 28.3. The smallest absolute Gasteiger partial charge is 0.264 e. The fourth-order valence-corrected chi connectivity index (χ4v) is 5.68. The molecule has 1 atom stereocenters. The summed E-state index contributed by atoms with van der Waals surface area (Å²) >= 11 is 0. The molecule has 202 valence electrons. The summed E-state index contributed by atoms with van der Waals surface area (Å²) < 4.78 is 34.6. The van der Waals surface area contributed by atoms with E-state index in [-0.39, 0.29) is 23.0 Å². The molecule has 0 fully saturated rings. The van der Waals surface area contributed by atoms with E-state index in [1.807, 2.05) is 38.1 Å². The number of carbonyl (C=O) groups excluding carboxylic acids is 2. The molecular weight excluding hydrogens is 502 g/mol. The minimum atomic E-state index is -4.16. The van der Waals surface area contributed by atoms with E-state index < -0.39 is 28.5 Å². The number of hydrogen-bond donors (Lipinski definition) is 1. The number of carbonyl (C=O) groups is 2. The molecule has 0 aliphatic carbocycles. The molecule has 0 aliphatic rings. The summed E-state index contributed by atoms with van der Waals surface area (Å²) in [5.41, 5.74) is 2.08. The van der Waals surface area contributed by atoms with E-state index in [0.29, 0.717) is 18.8 Å². The van der Waals surface area contributed by atoms with Gasteiger partial charge in [-0.2, -0.15) is 0 Å². The molecule has 0 saturated carbocycles. The molecule has 0 saturated heterocycles. The standard InChI is InChI=1S/C29H35N3O5S/c1-5-25(29(34)30-4)31(20-23-15-11-10-14-22(23)3)28(33)21-32(26-18-12-13-19-27(26)37-6-2)38(35,36)24-16-8-7-9-17-24/h7-19,25H,5-6,20-21H2,1-4H3,(H,30,34)/t25-/m1/s1. The first-order valence-electron chi connectivity index (χ1n) is 12.6. The first-order chi connectivity index (χ1) is 18.2. The van der Waals surface area contributed by atoms with Gasteiger partial charge in [0.15, 0.2) is 0 Å². The molecule has 0 heterocycles. The second kappa shape index (κ2) is 13.1. The number of aryl methyl sites for hydroxylation is 1. The zero-order chi connectivity index (χ0) is 27.7. The number of anilines is 1. The van der Waals surface area contributed by atoms with E-state index in [2.05, 4.69) is 5.32 Å². The summed E-state index contributed by atoms with van der Waals surface area (Å²) in [5.74, 6) is -0.484. The highest BCUT2D eigenvalue weighted by Gasteiger charge is 2.34. The maximum Gasteiger partial charge on any atom is 0.264 e. The Morgan fingerprint density at radius 1 is 0.921 bits per heavy atom. The average molecular weight is 538 g/mol. The predicted octanol–water partition coefficient (Wildman–Crippen LogP) is 4.14. The van der Waals surface area contributed by atoms with Crippen molar-refractivity contribution >= 4 is 27.5 Å². The van der Waals surface area contributed by atoms with E-state index in [1.54, 1.807) is 49.4 Å². The number of likely N-dealkylation sites (N-methyl/N-ethyl adjacent to an activating group) is 1. The van der Waals surface area contributed by atoms with Crippen LogP contribution < -0.4 is 14.4 Å². The van der Waals surface area contributed by atoms with Crippen molar-refractivity contribution in [2.45, 2.75) is 44.7 Å². The normalized spacial score (nSPS) is 11.9. The van der Waals surface area contributed by atoms with E-state index in [0.717, 1.165) is 15.4 Å². The molecule has 8 nitrogen and oxygen atoms in total. The molecule has 0 bridgehead atoms. The van der Waals surface area contributed by atoms with Crippen molar-refractivity contribution in [2.75, 3.05) is 24.5 Å². The molecule has 38 heavy (non-hydrogen) atoms. The van der Waals surface area contributed by atoms with Gasteiger partial charge in [0.1, 0.15) is 18.3 Å². The molecule has 9 heteroatoms. The van der Waals surface area contributed by atoms with Gasteiger partial charge >= 0.3 is 0 Å². The van der Waals surface area contributed by atoms with Gasteiger partial charge in [-0.1, -0.05) is 61.5 Å². The van der Waals surface area contributed by atoms with Gasteiger partial charge in [0, 0.05) is 13.6 Å². The van der Waals surface area contributed by atoms with Crippen LogP contribution in [0.5, 0.6) is 5.75 Å². The molecule has 3 aromatic carbocycles. The van der Waals surface area contributed by atoms with Gasteiger partial charge in [0.25, 0.3) is 10.0 Å². The first-order valence-corrected chi connectivity index (χ1v) is 14.0. The molecular formula is C29H35N3O5S. The lowest BCUT2D eigenvalue weighted by molar-refractivity contribution is -0.140. The van der Waals surface area contributed by atoms with Crippen molar-refractivity contribution in [3.8, 4) is 5.75 Å². The molecule has 0 radical (unpaired) electrons. The van der Waals surface area contributed by atoms with Gasteiger partial charge in [-0.25, -0.2) is 8.42 Å². The second-order valence-electron chi connectivity index (χ2n) is 8.71. The van der Waals surface area contributed by atoms with E-state index in [1.165, 1.54) is 24.1 Å². The maximum atomic E-state index is 14.0. The Kier molecular flexibility index (Phi) is 9.90. The quantitative estimate of drug-likeness (QED) is 0.375.